The van der Waals surface area contributed by atoms with E-state index in [2.05, 4.69) is 10.1 Å². The molecule has 1 fully saturated rings. The number of carbonyl (C=O) groups is 1. The van der Waals surface area contributed by atoms with Crippen LogP contribution in [0.3, 0.4) is 0 Å². The smallest absolute Gasteiger partial charge is 0.307 e. The molecule has 2 aromatic rings. The fraction of sp³-hybridized carbons (Fsp3) is 0.333. The molecular formula is C21H24Cl2N2O3. The summed E-state index contributed by atoms with van der Waals surface area (Å²) in [5.74, 6) is -1.01. The monoisotopic (exact) mass is 422 g/mol. The number of aliphatic carboxylic acids is 1. The van der Waals surface area contributed by atoms with Crippen molar-refractivity contribution in [2.75, 3.05) is 26.2 Å². The normalized spacial score (nSPS) is 17.6. The molecule has 150 valence electrons. The quantitative estimate of drug-likeness (QED) is 0.409. The van der Waals surface area contributed by atoms with E-state index >= 15 is 0 Å². The number of benzene rings is 2. The van der Waals surface area contributed by atoms with Crippen LogP contribution in [-0.2, 0) is 9.63 Å². The molecular weight excluding hydrogens is 399 g/mol. The Bertz CT molecular complexity index is 799. The van der Waals surface area contributed by atoms with Crippen LogP contribution < -0.4 is 0 Å². The molecule has 3 rings (SSSR count). The molecule has 1 N–H and O–H groups in total. The highest BCUT2D eigenvalue weighted by molar-refractivity contribution is 6.35. The number of likely N-dealkylation sites (tertiary alicyclic amines) is 1. The Morgan fingerprint density at radius 1 is 1.18 bits per heavy atom. The van der Waals surface area contributed by atoms with Crippen LogP contribution in [0.1, 0.15) is 24.0 Å². The Balaban J connectivity index is 0.00000280. The SMILES string of the molecule is Cl.O=C(O)C1CCCN(CCON=C(c2ccccc2)c2ccccc2Cl)C1. The molecule has 1 unspecified atom stereocenters. The summed E-state index contributed by atoms with van der Waals surface area (Å²) < 4.78 is 0. The van der Waals surface area contributed by atoms with Gasteiger partial charge in [0.2, 0.25) is 0 Å². The zero-order valence-electron chi connectivity index (χ0n) is 15.5. The molecule has 7 heteroatoms. The molecule has 1 saturated heterocycles. The number of halogens is 2. The number of oxime groups is 1. The zero-order valence-corrected chi connectivity index (χ0v) is 17.0. The maximum Gasteiger partial charge on any atom is 0.307 e. The summed E-state index contributed by atoms with van der Waals surface area (Å²) in [6, 6.07) is 17.3. The number of rotatable bonds is 7. The average molecular weight is 423 g/mol. The second-order valence-corrected chi connectivity index (χ2v) is 7.00. The van der Waals surface area contributed by atoms with Gasteiger partial charge in [0.15, 0.2) is 0 Å². The number of piperidine rings is 1. The minimum Gasteiger partial charge on any atom is -0.481 e. The number of hydrogen-bond acceptors (Lipinski definition) is 4. The summed E-state index contributed by atoms with van der Waals surface area (Å²) in [4.78, 5) is 18.9. The third-order valence-corrected chi connectivity index (χ3v) is 5.02. The first-order valence-electron chi connectivity index (χ1n) is 9.10. The van der Waals surface area contributed by atoms with Gasteiger partial charge in [0.25, 0.3) is 0 Å². The second kappa shape index (κ2) is 11.1. The van der Waals surface area contributed by atoms with E-state index in [9.17, 15) is 9.90 Å². The first kappa shape index (κ1) is 22.2. The number of nitrogens with zero attached hydrogens (tertiary/aromatic N) is 2. The van der Waals surface area contributed by atoms with Gasteiger partial charge in [-0.1, -0.05) is 65.3 Å². The van der Waals surface area contributed by atoms with Gasteiger partial charge in [-0.05, 0) is 25.5 Å². The van der Waals surface area contributed by atoms with Crippen LogP contribution in [0.2, 0.25) is 5.02 Å². The molecule has 0 aromatic heterocycles. The van der Waals surface area contributed by atoms with Crippen molar-refractivity contribution in [3.05, 3.63) is 70.7 Å². The third-order valence-electron chi connectivity index (χ3n) is 4.69. The van der Waals surface area contributed by atoms with E-state index in [4.69, 9.17) is 16.4 Å². The van der Waals surface area contributed by atoms with Crippen molar-refractivity contribution in [3.8, 4) is 0 Å². The largest absolute Gasteiger partial charge is 0.481 e. The van der Waals surface area contributed by atoms with Crippen molar-refractivity contribution < 1.29 is 14.7 Å². The Kier molecular flexibility index (Phi) is 8.77. The number of carboxylic acids is 1. The van der Waals surface area contributed by atoms with Gasteiger partial charge < -0.3 is 9.94 Å². The molecule has 5 nitrogen and oxygen atoms in total. The minimum atomic E-state index is -0.719. The van der Waals surface area contributed by atoms with Gasteiger partial charge in [0.1, 0.15) is 12.3 Å². The van der Waals surface area contributed by atoms with Gasteiger partial charge in [0, 0.05) is 24.2 Å². The number of hydrogen-bond donors (Lipinski definition) is 1. The Morgan fingerprint density at radius 3 is 2.61 bits per heavy atom. The van der Waals surface area contributed by atoms with Crippen molar-refractivity contribution in [2.45, 2.75) is 12.8 Å². The molecule has 0 saturated carbocycles. The summed E-state index contributed by atoms with van der Waals surface area (Å²) in [7, 11) is 0. The fourth-order valence-electron chi connectivity index (χ4n) is 3.25. The van der Waals surface area contributed by atoms with E-state index in [0.29, 0.717) is 30.4 Å². The molecule has 0 aliphatic carbocycles. The zero-order chi connectivity index (χ0) is 19.1. The van der Waals surface area contributed by atoms with E-state index in [1.807, 2.05) is 54.6 Å². The van der Waals surface area contributed by atoms with Crippen molar-refractivity contribution in [1.29, 1.82) is 0 Å². The molecule has 0 spiro atoms. The molecule has 0 amide bonds. The predicted octanol–water partition coefficient (Wildman–Crippen LogP) is 4.33. The van der Waals surface area contributed by atoms with Crippen LogP contribution in [0.4, 0.5) is 0 Å². The topological polar surface area (TPSA) is 62.1 Å². The summed E-state index contributed by atoms with van der Waals surface area (Å²) in [6.07, 6.45) is 1.64. The van der Waals surface area contributed by atoms with E-state index < -0.39 is 5.97 Å². The highest BCUT2D eigenvalue weighted by atomic mass is 35.5. The standard InChI is InChI=1S/C21H23ClN2O3.ClH/c22-19-11-5-4-10-18(19)20(16-7-2-1-3-8-16)23-27-14-13-24-12-6-9-17(15-24)21(25)26;/h1-5,7-8,10-11,17H,6,9,12-15H2,(H,25,26);1H. The van der Waals surface area contributed by atoms with Gasteiger partial charge in [-0.3, -0.25) is 9.69 Å². The van der Waals surface area contributed by atoms with Gasteiger partial charge in [0.05, 0.1) is 10.9 Å². The average Bonchev–Trinajstić information content (AvgIpc) is 2.70. The van der Waals surface area contributed by atoms with Crippen LogP contribution in [-0.4, -0.2) is 47.9 Å². The highest BCUT2D eigenvalue weighted by Gasteiger charge is 2.25. The lowest BCUT2D eigenvalue weighted by molar-refractivity contribution is -0.143. The predicted molar refractivity (Wildman–Crippen MR) is 114 cm³/mol. The maximum atomic E-state index is 11.2. The molecule has 1 aliphatic heterocycles. The first-order chi connectivity index (χ1) is 13.1. The number of carboxylic acid groups (broad SMARTS) is 1. The van der Waals surface area contributed by atoms with E-state index in [1.165, 1.54) is 0 Å². The molecule has 0 radical (unpaired) electrons. The van der Waals surface area contributed by atoms with Crippen LogP contribution in [0.25, 0.3) is 0 Å². The maximum absolute atomic E-state index is 11.2. The van der Waals surface area contributed by atoms with Crippen molar-refractivity contribution in [3.63, 3.8) is 0 Å². The van der Waals surface area contributed by atoms with Crippen molar-refractivity contribution in [2.24, 2.45) is 11.1 Å². The molecule has 1 aliphatic rings. The van der Waals surface area contributed by atoms with Gasteiger partial charge in [-0.2, -0.15) is 0 Å². The van der Waals surface area contributed by atoms with Crippen molar-refractivity contribution >= 4 is 35.7 Å². The highest BCUT2D eigenvalue weighted by Crippen LogP contribution is 2.20. The molecule has 0 bridgehead atoms. The van der Waals surface area contributed by atoms with E-state index in [1.54, 1.807) is 0 Å². The summed E-state index contributed by atoms with van der Waals surface area (Å²) in [6.45, 7) is 2.51. The Morgan fingerprint density at radius 2 is 1.89 bits per heavy atom. The van der Waals surface area contributed by atoms with Crippen LogP contribution in [0.15, 0.2) is 59.8 Å². The lowest BCUT2D eigenvalue weighted by Gasteiger charge is -2.29. The van der Waals surface area contributed by atoms with Crippen LogP contribution in [0, 0.1) is 5.92 Å². The lowest BCUT2D eigenvalue weighted by Crippen LogP contribution is -2.40. The Labute approximate surface area is 176 Å². The first-order valence-corrected chi connectivity index (χ1v) is 9.48. The summed E-state index contributed by atoms with van der Waals surface area (Å²) in [5.41, 5.74) is 2.42. The molecule has 2 aromatic carbocycles. The van der Waals surface area contributed by atoms with E-state index in [0.717, 1.165) is 30.5 Å². The minimum absolute atomic E-state index is 0. The summed E-state index contributed by atoms with van der Waals surface area (Å²) in [5, 5.41) is 14.2. The van der Waals surface area contributed by atoms with Gasteiger partial charge >= 0.3 is 5.97 Å². The van der Waals surface area contributed by atoms with Crippen molar-refractivity contribution in [1.82, 2.24) is 4.90 Å². The van der Waals surface area contributed by atoms with E-state index in [-0.39, 0.29) is 18.3 Å². The van der Waals surface area contributed by atoms with Crippen LogP contribution in [0.5, 0.6) is 0 Å². The Hall–Kier alpha value is -2.08. The molecule has 1 heterocycles. The lowest BCUT2D eigenvalue weighted by atomic mass is 9.98. The van der Waals surface area contributed by atoms with Gasteiger partial charge in [-0.25, -0.2) is 0 Å². The molecule has 1 atom stereocenters. The summed E-state index contributed by atoms with van der Waals surface area (Å²) >= 11 is 6.35. The molecule has 28 heavy (non-hydrogen) atoms. The second-order valence-electron chi connectivity index (χ2n) is 6.60. The van der Waals surface area contributed by atoms with Crippen LogP contribution >= 0.6 is 24.0 Å². The van der Waals surface area contributed by atoms with Gasteiger partial charge in [-0.15, -0.1) is 12.4 Å². The fourth-order valence-corrected chi connectivity index (χ4v) is 3.47. The third kappa shape index (κ3) is 5.96.